The van der Waals surface area contributed by atoms with Crippen molar-refractivity contribution in [1.29, 1.82) is 0 Å². The lowest BCUT2D eigenvalue weighted by molar-refractivity contribution is -0.148. The topological polar surface area (TPSA) is 112 Å². The Labute approximate surface area is 244 Å². The van der Waals surface area contributed by atoms with Crippen molar-refractivity contribution in [3.05, 3.63) is 64.3 Å². The molecule has 41 heavy (non-hydrogen) atoms. The number of thiazole rings is 1. The number of aliphatic hydroxyl groups excluding tert-OH is 1. The first-order valence-corrected chi connectivity index (χ1v) is 15.0. The Morgan fingerprint density at radius 1 is 1.24 bits per heavy atom. The van der Waals surface area contributed by atoms with Gasteiger partial charge in [0.05, 0.1) is 33.9 Å². The van der Waals surface area contributed by atoms with Crippen LogP contribution in [0.1, 0.15) is 38.4 Å². The van der Waals surface area contributed by atoms with Gasteiger partial charge in [-0.3, -0.25) is 14.4 Å². The third-order valence-electron chi connectivity index (χ3n) is 8.31. The summed E-state index contributed by atoms with van der Waals surface area (Å²) in [6.07, 6.45) is 2.96. The van der Waals surface area contributed by atoms with Gasteiger partial charge in [0.25, 0.3) is 5.91 Å². The molecule has 218 valence electrons. The molecule has 10 heteroatoms. The number of hydrogen-bond acceptors (Lipinski definition) is 7. The van der Waals surface area contributed by atoms with Gasteiger partial charge in [-0.1, -0.05) is 57.2 Å². The molecule has 0 saturated carbocycles. The van der Waals surface area contributed by atoms with Gasteiger partial charge in [-0.2, -0.15) is 0 Å². The van der Waals surface area contributed by atoms with Crippen molar-refractivity contribution < 1.29 is 24.2 Å². The van der Waals surface area contributed by atoms with Crippen LogP contribution in [-0.2, 0) is 25.7 Å². The predicted molar refractivity (Wildman–Crippen MR) is 157 cm³/mol. The zero-order valence-electron chi connectivity index (χ0n) is 24.2. The lowest BCUT2D eigenvalue weighted by Gasteiger charge is -2.35. The van der Waals surface area contributed by atoms with Gasteiger partial charge in [-0.15, -0.1) is 11.3 Å². The minimum absolute atomic E-state index is 0.0469. The second kappa shape index (κ2) is 11.9. The van der Waals surface area contributed by atoms with E-state index in [0.29, 0.717) is 18.7 Å². The zero-order chi connectivity index (χ0) is 29.4. The Morgan fingerprint density at radius 2 is 1.98 bits per heavy atom. The number of aliphatic hydroxyl groups is 1. The molecule has 1 aromatic heterocycles. The molecule has 1 aliphatic carbocycles. The fourth-order valence-corrected chi connectivity index (χ4v) is 6.99. The summed E-state index contributed by atoms with van der Waals surface area (Å²) in [6, 6.07) is 6.37. The van der Waals surface area contributed by atoms with Crippen molar-refractivity contribution >= 4 is 29.1 Å². The first-order chi connectivity index (χ1) is 19.6. The Bertz CT molecular complexity index is 1380. The van der Waals surface area contributed by atoms with Gasteiger partial charge in [0.1, 0.15) is 12.1 Å². The van der Waals surface area contributed by atoms with Gasteiger partial charge in [0, 0.05) is 39.1 Å². The molecule has 3 amide bonds. The number of amides is 3. The van der Waals surface area contributed by atoms with E-state index >= 15 is 0 Å². The van der Waals surface area contributed by atoms with Crippen LogP contribution < -0.4 is 5.32 Å². The van der Waals surface area contributed by atoms with Crippen molar-refractivity contribution in [2.75, 3.05) is 20.2 Å². The third-order valence-corrected chi connectivity index (χ3v) is 9.29. The van der Waals surface area contributed by atoms with Gasteiger partial charge in [-0.25, -0.2) is 4.98 Å². The van der Waals surface area contributed by atoms with Crippen molar-refractivity contribution in [3.63, 3.8) is 0 Å². The summed E-state index contributed by atoms with van der Waals surface area (Å²) >= 11 is 1.59. The summed E-state index contributed by atoms with van der Waals surface area (Å²) < 4.78 is 5.65. The second-order valence-corrected chi connectivity index (χ2v) is 12.4. The highest BCUT2D eigenvalue weighted by molar-refractivity contribution is 7.13. The third kappa shape index (κ3) is 5.60. The molecule has 0 spiro atoms. The van der Waals surface area contributed by atoms with E-state index in [1.807, 2.05) is 69.6 Å². The van der Waals surface area contributed by atoms with Crippen LogP contribution in [0.5, 0.6) is 0 Å². The number of nitrogens with zero attached hydrogens (tertiary/aromatic N) is 3. The summed E-state index contributed by atoms with van der Waals surface area (Å²) in [6.45, 7) is 8.45. The fourth-order valence-electron chi connectivity index (χ4n) is 6.18. The molecule has 3 aliphatic rings. The molecule has 0 radical (unpaired) electrons. The molecule has 2 unspecified atom stereocenters. The van der Waals surface area contributed by atoms with E-state index in [-0.39, 0.29) is 48.6 Å². The van der Waals surface area contributed by atoms with Gasteiger partial charge >= 0.3 is 0 Å². The first-order valence-electron chi connectivity index (χ1n) is 14.1. The van der Waals surface area contributed by atoms with Crippen LogP contribution in [0.15, 0.2) is 53.1 Å². The Kier molecular flexibility index (Phi) is 8.45. The molecule has 1 saturated heterocycles. The molecule has 3 heterocycles. The van der Waals surface area contributed by atoms with Gasteiger partial charge in [0.15, 0.2) is 0 Å². The standard InChI is InChI=1S/C31H38N4O5S/c1-17(2)26(35-14-22-9-6-18(3)27(40-5)25(22)30(35)38)31(39)34-15-23(36)12-24(34)29(37)32-13-20-7-10-21(11-8-20)28-19(4)33-16-41-28/h6-11,16-18,23-24,26-27,36H,12-15H2,1-5H3,(H,32,37)/t18?,23-,24+,26+,27?/m1/s1. The number of aromatic nitrogens is 1. The lowest BCUT2D eigenvalue weighted by atomic mass is 9.89. The highest BCUT2D eigenvalue weighted by Crippen LogP contribution is 2.36. The summed E-state index contributed by atoms with van der Waals surface area (Å²) in [7, 11) is 1.59. The fraction of sp³-hybridized carbons (Fsp3) is 0.484. The maximum Gasteiger partial charge on any atom is 0.253 e. The van der Waals surface area contributed by atoms with Gasteiger partial charge < -0.3 is 25.0 Å². The van der Waals surface area contributed by atoms with Crippen molar-refractivity contribution in [2.45, 2.75) is 65.0 Å². The molecular formula is C31H38N4O5S. The number of nitrogens with one attached hydrogen (secondary N) is 1. The Morgan fingerprint density at radius 3 is 2.61 bits per heavy atom. The van der Waals surface area contributed by atoms with E-state index < -0.39 is 18.2 Å². The number of carbonyl (C=O) groups excluding carboxylic acids is 3. The van der Waals surface area contributed by atoms with E-state index in [1.165, 1.54) is 4.90 Å². The van der Waals surface area contributed by atoms with E-state index in [9.17, 15) is 19.5 Å². The average molecular weight is 579 g/mol. The molecule has 2 aromatic rings. The summed E-state index contributed by atoms with van der Waals surface area (Å²) in [5, 5.41) is 13.5. The molecule has 5 atom stereocenters. The number of ether oxygens (including phenoxy) is 1. The van der Waals surface area contributed by atoms with Crippen LogP contribution in [0.4, 0.5) is 0 Å². The van der Waals surface area contributed by atoms with Crippen LogP contribution in [0.3, 0.4) is 0 Å². The number of β-amino-alcohol motifs (C(OH)–C–C–N with tert-alkyl or cyclic N) is 1. The maximum absolute atomic E-state index is 14.0. The molecule has 2 aliphatic heterocycles. The normalized spacial score (nSPS) is 24.8. The van der Waals surface area contributed by atoms with E-state index in [0.717, 1.165) is 27.3 Å². The molecule has 9 nitrogen and oxygen atoms in total. The molecule has 0 bridgehead atoms. The lowest BCUT2D eigenvalue weighted by Crippen LogP contribution is -2.56. The summed E-state index contributed by atoms with van der Waals surface area (Å²) in [4.78, 5) is 49.5. The molecule has 1 aromatic carbocycles. The smallest absolute Gasteiger partial charge is 0.253 e. The summed E-state index contributed by atoms with van der Waals surface area (Å²) in [5.74, 6) is -0.989. The zero-order valence-corrected chi connectivity index (χ0v) is 25.0. The SMILES string of the molecule is COC1C2=C(C=CC1C)CN([C@H](C(=O)N1C[C@H](O)C[C@H]1C(=O)NCc1ccc(-c3scnc3C)cc1)C(C)C)C2=O. The largest absolute Gasteiger partial charge is 0.391 e. The van der Waals surface area contributed by atoms with Gasteiger partial charge in [0.2, 0.25) is 11.8 Å². The van der Waals surface area contributed by atoms with E-state index in [2.05, 4.69) is 10.3 Å². The minimum Gasteiger partial charge on any atom is -0.391 e. The minimum atomic E-state index is -0.815. The number of methoxy groups -OCH3 is 1. The highest BCUT2D eigenvalue weighted by Gasteiger charge is 2.48. The van der Waals surface area contributed by atoms with Crippen molar-refractivity contribution in [3.8, 4) is 10.4 Å². The predicted octanol–water partition coefficient (Wildman–Crippen LogP) is 3.08. The Balaban J connectivity index is 1.28. The monoisotopic (exact) mass is 578 g/mol. The van der Waals surface area contributed by atoms with E-state index in [4.69, 9.17) is 4.74 Å². The average Bonchev–Trinajstić information content (AvgIpc) is 3.65. The Hall–Kier alpha value is -3.34. The molecular weight excluding hydrogens is 540 g/mol. The first kappa shape index (κ1) is 29.2. The maximum atomic E-state index is 14.0. The molecule has 1 fully saturated rings. The number of carbonyl (C=O) groups is 3. The van der Waals surface area contributed by atoms with Crippen LogP contribution >= 0.6 is 11.3 Å². The number of rotatable bonds is 8. The van der Waals surface area contributed by atoms with Crippen LogP contribution in [0.2, 0.25) is 0 Å². The van der Waals surface area contributed by atoms with Crippen LogP contribution in [0, 0.1) is 18.8 Å². The van der Waals surface area contributed by atoms with Crippen molar-refractivity contribution in [2.24, 2.45) is 11.8 Å². The second-order valence-electron chi connectivity index (χ2n) is 11.5. The molecule has 5 rings (SSSR count). The van der Waals surface area contributed by atoms with Crippen LogP contribution in [0.25, 0.3) is 10.4 Å². The van der Waals surface area contributed by atoms with Gasteiger partial charge in [-0.05, 0) is 29.5 Å². The van der Waals surface area contributed by atoms with Crippen LogP contribution in [-0.4, -0.2) is 82.1 Å². The number of aryl methyl sites for hydroxylation is 1. The van der Waals surface area contributed by atoms with E-state index in [1.54, 1.807) is 23.3 Å². The number of hydrogen-bond donors (Lipinski definition) is 2. The highest BCUT2D eigenvalue weighted by atomic mass is 32.1. The van der Waals surface area contributed by atoms with Crippen molar-refractivity contribution in [1.82, 2.24) is 20.1 Å². The number of benzene rings is 1. The number of likely N-dealkylation sites (tertiary alicyclic amines) is 1. The molecule has 2 N–H and O–H groups in total. The summed E-state index contributed by atoms with van der Waals surface area (Å²) in [5.41, 5.74) is 6.28. The quantitative estimate of drug-likeness (QED) is 0.498.